The molecule has 0 unspecified atom stereocenters. The fraction of sp³-hybridized carbons (Fsp3) is 0.100. The number of amides is 2. The highest BCUT2D eigenvalue weighted by Crippen LogP contribution is 2.21. The maximum absolute atomic E-state index is 11.1. The van der Waals surface area contributed by atoms with E-state index in [1.165, 1.54) is 0 Å². The number of aromatic nitrogens is 1. The number of nitrogens with one attached hydrogen (secondary N) is 3. The molecule has 0 atom stereocenters. The molecule has 72 valence electrons. The number of urea groups is 1. The third kappa shape index (κ3) is 1.42. The van der Waals surface area contributed by atoms with E-state index < -0.39 is 0 Å². The second kappa shape index (κ2) is 3.41. The minimum Gasteiger partial charge on any atom is -0.361 e. The first-order valence-corrected chi connectivity index (χ1v) is 4.36. The van der Waals surface area contributed by atoms with Crippen LogP contribution in [0.4, 0.5) is 10.5 Å². The Morgan fingerprint density at radius 1 is 1.36 bits per heavy atom. The van der Waals surface area contributed by atoms with Crippen LogP contribution < -0.4 is 10.6 Å². The van der Waals surface area contributed by atoms with Gasteiger partial charge in [0.1, 0.15) is 0 Å². The van der Waals surface area contributed by atoms with Crippen LogP contribution in [0.2, 0.25) is 0 Å². The van der Waals surface area contributed by atoms with E-state index in [0.29, 0.717) is 0 Å². The summed E-state index contributed by atoms with van der Waals surface area (Å²) in [5, 5.41) is 6.27. The van der Waals surface area contributed by atoms with Gasteiger partial charge >= 0.3 is 6.03 Å². The summed E-state index contributed by atoms with van der Waals surface area (Å²) in [4.78, 5) is 14.2. The molecule has 2 rings (SSSR count). The van der Waals surface area contributed by atoms with Crippen molar-refractivity contribution in [2.75, 3.05) is 12.4 Å². The molecule has 0 fully saturated rings. The summed E-state index contributed by atoms with van der Waals surface area (Å²) in [5.74, 6) is 0. The highest BCUT2D eigenvalue weighted by molar-refractivity contribution is 6.00. The van der Waals surface area contributed by atoms with Gasteiger partial charge in [0.15, 0.2) is 0 Å². The number of anilines is 1. The van der Waals surface area contributed by atoms with E-state index in [4.69, 9.17) is 0 Å². The van der Waals surface area contributed by atoms with Gasteiger partial charge in [0.25, 0.3) is 0 Å². The number of rotatable bonds is 1. The van der Waals surface area contributed by atoms with E-state index in [-0.39, 0.29) is 6.03 Å². The Kier molecular flexibility index (Phi) is 2.10. The van der Waals surface area contributed by atoms with Gasteiger partial charge in [-0.1, -0.05) is 6.07 Å². The summed E-state index contributed by atoms with van der Waals surface area (Å²) in [5.41, 5.74) is 1.82. The molecule has 2 amide bonds. The van der Waals surface area contributed by atoms with Crippen molar-refractivity contribution in [1.29, 1.82) is 0 Å². The van der Waals surface area contributed by atoms with Crippen molar-refractivity contribution in [3.63, 3.8) is 0 Å². The first kappa shape index (κ1) is 8.62. The van der Waals surface area contributed by atoms with Crippen LogP contribution in [0.5, 0.6) is 0 Å². The molecule has 0 radical (unpaired) electrons. The third-order valence-electron chi connectivity index (χ3n) is 2.07. The van der Waals surface area contributed by atoms with Gasteiger partial charge in [-0.15, -0.1) is 0 Å². The molecule has 14 heavy (non-hydrogen) atoms. The lowest BCUT2D eigenvalue weighted by Gasteiger charge is -2.04. The first-order chi connectivity index (χ1) is 6.81. The minimum atomic E-state index is -0.210. The summed E-state index contributed by atoms with van der Waals surface area (Å²) in [6, 6.07) is 7.44. The maximum Gasteiger partial charge on any atom is 0.318 e. The average Bonchev–Trinajstić information content (AvgIpc) is 2.66. The Morgan fingerprint density at radius 3 is 3.00 bits per heavy atom. The predicted molar refractivity (Wildman–Crippen MR) is 56.4 cm³/mol. The van der Waals surface area contributed by atoms with Crippen LogP contribution in [0.15, 0.2) is 30.5 Å². The summed E-state index contributed by atoms with van der Waals surface area (Å²) < 4.78 is 0. The van der Waals surface area contributed by atoms with E-state index in [1.807, 2.05) is 30.5 Å². The van der Waals surface area contributed by atoms with Crippen LogP contribution in [0, 0.1) is 0 Å². The summed E-state index contributed by atoms with van der Waals surface area (Å²) in [6.45, 7) is 0. The van der Waals surface area contributed by atoms with Crippen molar-refractivity contribution < 1.29 is 4.79 Å². The number of benzene rings is 1. The lowest BCUT2D eigenvalue weighted by Crippen LogP contribution is -2.24. The summed E-state index contributed by atoms with van der Waals surface area (Å²) in [6.07, 6.45) is 1.85. The summed E-state index contributed by atoms with van der Waals surface area (Å²) >= 11 is 0. The van der Waals surface area contributed by atoms with Crippen LogP contribution in [0.3, 0.4) is 0 Å². The van der Waals surface area contributed by atoms with E-state index in [9.17, 15) is 4.79 Å². The monoisotopic (exact) mass is 189 g/mol. The molecule has 0 saturated carbocycles. The molecule has 3 N–H and O–H groups in total. The molecule has 1 aromatic carbocycles. The molecule has 0 aliphatic heterocycles. The lowest BCUT2D eigenvalue weighted by atomic mass is 10.2. The Bertz CT molecular complexity index is 461. The number of fused-ring (bicyclic) bond motifs is 1. The first-order valence-electron chi connectivity index (χ1n) is 4.36. The highest BCUT2D eigenvalue weighted by Gasteiger charge is 2.03. The Morgan fingerprint density at radius 2 is 2.21 bits per heavy atom. The van der Waals surface area contributed by atoms with Crippen molar-refractivity contribution in [3.8, 4) is 0 Å². The number of aromatic amines is 1. The fourth-order valence-corrected chi connectivity index (χ4v) is 1.38. The molecule has 0 aliphatic carbocycles. The van der Waals surface area contributed by atoms with E-state index in [1.54, 1.807) is 7.05 Å². The van der Waals surface area contributed by atoms with Crippen LogP contribution in [-0.4, -0.2) is 18.1 Å². The maximum atomic E-state index is 11.1. The van der Waals surface area contributed by atoms with Crippen molar-refractivity contribution in [3.05, 3.63) is 30.5 Å². The number of hydrogen-bond acceptors (Lipinski definition) is 1. The topological polar surface area (TPSA) is 56.9 Å². The molecule has 4 nitrogen and oxygen atoms in total. The molecule has 0 aliphatic rings. The van der Waals surface area contributed by atoms with Crippen LogP contribution >= 0.6 is 0 Å². The number of hydrogen-bond donors (Lipinski definition) is 3. The molecular formula is C10H11N3O. The molecule has 1 heterocycles. The standard InChI is InChI=1S/C10H11N3O/c1-11-10(14)13-9-4-2-3-8-7(9)5-6-12-8/h2-6,12H,1H3,(H2,11,13,14). The van der Waals surface area contributed by atoms with Crippen molar-refractivity contribution >= 4 is 22.6 Å². The van der Waals surface area contributed by atoms with Crippen LogP contribution in [0.1, 0.15) is 0 Å². The predicted octanol–water partition coefficient (Wildman–Crippen LogP) is 1.92. The number of carbonyl (C=O) groups is 1. The van der Waals surface area contributed by atoms with Crippen LogP contribution in [0.25, 0.3) is 10.9 Å². The fourth-order valence-electron chi connectivity index (χ4n) is 1.38. The quantitative estimate of drug-likeness (QED) is 0.630. The third-order valence-corrected chi connectivity index (χ3v) is 2.07. The Balaban J connectivity index is 2.41. The molecule has 0 spiro atoms. The van der Waals surface area contributed by atoms with Gasteiger partial charge in [-0.2, -0.15) is 0 Å². The Hall–Kier alpha value is -1.97. The minimum absolute atomic E-state index is 0.210. The molecule has 4 heteroatoms. The largest absolute Gasteiger partial charge is 0.361 e. The van der Waals surface area contributed by atoms with E-state index >= 15 is 0 Å². The number of H-pyrrole nitrogens is 1. The van der Waals surface area contributed by atoms with Crippen LogP contribution in [-0.2, 0) is 0 Å². The zero-order valence-electron chi connectivity index (χ0n) is 7.79. The van der Waals surface area contributed by atoms with E-state index in [2.05, 4.69) is 15.6 Å². The van der Waals surface area contributed by atoms with Gasteiger partial charge < -0.3 is 15.6 Å². The Labute approximate surface area is 81.3 Å². The van der Waals surface area contributed by atoms with Crippen molar-refractivity contribution in [1.82, 2.24) is 10.3 Å². The number of carbonyl (C=O) groups excluding carboxylic acids is 1. The molecule has 2 aromatic rings. The molecule has 0 bridgehead atoms. The van der Waals surface area contributed by atoms with Gasteiger partial charge in [0.2, 0.25) is 0 Å². The second-order valence-corrected chi connectivity index (χ2v) is 2.95. The normalized spacial score (nSPS) is 10.1. The van der Waals surface area contributed by atoms with Crippen molar-refractivity contribution in [2.45, 2.75) is 0 Å². The van der Waals surface area contributed by atoms with Gasteiger partial charge in [-0.3, -0.25) is 0 Å². The summed E-state index contributed by atoms with van der Waals surface area (Å²) in [7, 11) is 1.59. The molecule has 1 aromatic heterocycles. The molecule has 0 saturated heterocycles. The zero-order chi connectivity index (χ0) is 9.97. The van der Waals surface area contributed by atoms with Crippen molar-refractivity contribution in [2.24, 2.45) is 0 Å². The van der Waals surface area contributed by atoms with Gasteiger partial charge in [0, 0.05) is 24.1 Å². The molecular weight excluding hydrogens is 178 g/mol. The van der Waals surface area contributed by atoms with Gasteiger partial charge in [-0.25, -0.2) is 4.79 Å². The zero-order valence-corrected chi connectivity index (χ0v) is 7.79. The average molecular weight is 189 g/mol. The highest BCUT2D eigenvalue weighted by atomic mass is 16.2. The van der Waals surface area contributed by atoms with Gasteiger partial charge in [0.05, 0.1) is 5.69 Å². The lowest BCUT2D eigenvalue weighted by molar-refractivity contribution is 0.254. The SMILES string of the molecule is CNC(=O)Nc1cccc2[nH]ccc12. The van der Waals surface area contributed by atoms with E-state index in [0.717, 1.165) is 16.6 Å². The smallest absolute Gasteiger partial charge is 0.318 e. The van der Waals surface area contributed by atoms with Gasteiger partial charge in [-0.05, 0) is 18.2 Å². The second-order valence-electron chi connectivity index (χ2n) is 2.95.